The van der Waals surface area contributed by atoms with Crippen LogP contribution >= 0.6 is 0 Å². The van der Waals surface area contributed by atoms with E-state index in [0.29, 0.717) is 5.41 Å². The lowest BCUT2D eigenvalue weighted by Crippen LogP contribution is -2.21. The van der Waals surface area contributed by atoms with Crippen molar-refractivity contribution in [3.05, 3.63) is 0 Å². The summed E-state index contributed by atoms with van der Waals surface area (Å²) >= 11 is 0. The maximum absolute atomic E-state index is 2.49. The fraction of sp³-hybridized carbons (Fsp3) is 1.00. The minimum absolute atomic E-state index is 0.549. The number of hydrogen-bond donors (Lipinski definition) is 0. The van der Waals surface area contributed by atoms with Crippen LogP contribution in [-0.2, 0) is 0 Å². The Bertz CT molecular complexity index is 228. The van der Waals surface area contributed by atoms with E-state index in [-0.39, 0.29) is 0 Å². The summed E-state index contributed by atoms with van der Waals surface area (Å²) in [6, 6.07) is 0. The predicted molar refractivity (Wildman–Crippen MR) is 82.8 cm³/mol. The Hall–Kier alpha value is 0. The van der Waals surface area contributed by atoms with E-state index in [1.807, 2.05) is 0 Å². The van der Waals surface area contributed by atoms with Gasteiger partial charge in [-0.3, -0.25) is 0 Å². The Morgan fingerprint density at radius 2 is 1.50 bits per heavy atom. The Labute approximate surface area is 116 Å². The van der Waals surface area contributed by atoms with Crippen molar-refractivity contribution < 1.29 is 0 Å². The zero-order valence-electron chi connectivity index (χ0n) is 13.8. The van der Waals surface area contributed by atoms with Crippen molar-refractivity contribution in [1.82, 2.24) is 0 Å². The SMILES string of the molecule is CCCC1C(CC)C1CCC(C)(C)C(C)CCC. The molecule has 0 spiro atoms. The average molecular weight is 252 g/mol. The summed E-state index contributed by atoms with van der Waals surface area (Å²) in [6.07, 6.45) is 9.94. The van der Waals surface area contributed by atoms with Crippen LogP contribution in [-0.4, -0.2) is 0 Å². The molecule has 0 radical (unpaired) electrons. The van der Waals surface area contributed by atoms with E-state index in [2.05, 4.69) is 41.5 Å². The highest BCUT2D eigenvalue weighted by Gasteiger charge is 2.47. The molecule has 4 unspecified atom stereocenters. The van der Waals surface area contributed by atoms with Gasteiger partial charge in [-0.2, -0.15) is 0 Å². The van der Waals surface area contributed by atoms with Crippen LogP contribution in [0.15, 0.2) is 0 Å². The Kier molecular flexibility index (Phi) is 6.21. The molecule has 0 amide bonds. The fourth-order valence-corrected chi connectivity index (χ4v) is 3.93. The van der Waals surface area contributed by atoms with Crippen LogP contribution in [0.4, 0.5) is 0 Å². The van der Waals surface area contributed by atoms with Gasteiger partial charge in [0, 0.05) is 0 Å². The molecule has 0 aromatic carbocycles. The zero-order valence-corrected chi connectivity index (χ0v) is 13.8. The van der Waals surface area contributed by atoms with Crippen LogP contribution in [0.2, 0.25) is 0 Å². The molecule has 1 fully saturated rings. The summed E-state index contributed by atoms with van der Waals surface area (Å²) in [4.78, 5) is 0. The van der Waals surface area contributed by atoms with Gasteiger partial charge >= 0.3 is 0 Å². The van der Waals surface area contributed by atoms with Gasteiger partial charge < -0.3 is 0 Å². The van der Waals surface area contributed by atoms with Crippen molar-refractivity contribution in [2.45, 2.75) is 86.5 Å². The molecule has 108 valence electrons. The maximum atomic E-state index is 2.49. The molecule has 18 heavy (non-hydrogen) atoms. The smallest absolute Gasteiger partial charge is 0.0328 e. The minimum atomic E-state index is 0.549. The van der Waals surface area contributed by atoms with Crippen molar-refractivity contribution in [3.63, 3.8) is 0 Å². The normalized spacial score (nSPS) is 29.3. The topological polar surface area (TPSA) is 0 Å². The van der Waals surface area contributed by atoms with Gasteiger partial charge in [0.15, 0.2) is 0 Å². The summed E-state index contributed by atoms with van der Waals surface area (Å²) in [5.41, 5.74) is 0.549. The lowest BCUT2D eigenvalue weighted by molar-refractivity contribution is 0.188. The van der Waals surface area contributed by atoms with E-state index in [9.17, 15) is 0 Å². The van der Waals surface area contributed by atoms with Gasteiger partial charge in [0.25, 0.3) is 0 Å². The summed E-state index contributed by atoms with van der Waals surface area (Å²) in [7, 11) is 0. The molecular formula is C18H36. The predicted octanol–water partition coefficient (Wildman–Crippen LogP) is 6.30. The second-order valence-corrected chi connectivity index (χ2v) is 7.41. The molecule has 0 N–H and O–H groups in total. The van der Waals surface area contributed by atoms with Crippen molar-refractivity contribution in [3.8, 4) is 0 Å². The van der Waals surface area contributed by atoms with Crippen molar-refractivity contribution in [1.29, 1.82) is 0 Å². The van der Waals surface area contributed by atoms with Gasteiger partial charge in [0.2, 0.25) is 0 Å². The van der Waals surface area contributed by atoms with Crippen molar-refractivity contribution in [2.24, 2.45) is 29.1 Å². The molecule has 1 saturated carbocycles. The van der Waals surface area contributed by atoms with Gasteiger partial charge in [-0.05, 0) is 41.9 Å². The first-order chi connectivity index (χ1) is 8.47. The Morgan fingerprint density at radius 3 is 2.00 bits per heavy atom. The zero-order chi connectivity index (χ0) is 13.8. The molecule has 1 aliphatic carbocycles. The van der Waals surface area contributed by atoms with Gasteiger partial charge in [-0.1, -0.05) is 73.6 Å². The summed E-state index contributed by atoms with van der Waals surface area (Å²) in [5, 5.41) is 0. The molecular weight excluding hydrogens is 216 g/mol. The monoisotopic (exact) mass is 252 g/mol. The molecule has 0 heterocycles. The lowest BCUT2D eigenvalue weighted by Gasteiger charge is -2.32. The number of hydrogen-bond acceptors (Lipinski definition) is 0. The van der Waals surface area contributed by atoms with E-state index >= 15 is 0 Å². The average Bonchev–Trinajstić information content (AvgIpc) is 2.99. The standard InChI is InChI=1S/C18H36/c1-7-10-14(4)18(5,6)13-12-17-15(9-3)16(17)11-8-2/h14-17H,7-13H2,1-6H3. The molecule has 4 atom stereocenters. The fourth-order valence-electron chi connectivity index (χ4n) is 3.93. The summed E-state index contributed by atoms with van der Waals surface area (Å²) in [6.45, 7) is 14.5. The summed E-state index contributed by atoms with van der Waals surface area (Å²) in [5.74, 6) is 4.11. The first-order valence-corrected chi connectivity index (χ1v) is 8.47. The van der Waals surface area contributed by atoms with E-state index in [1.54, 1.807) is 0 Å². The molecule has 0 aromatic heterocycles. The third-order valence-electron chi connectivity index (χ3n) is 5.78. The van der Waals surface area contributed by atoms with Crippen LogP contribution in [0.1, 0.15) is 86.5 Å². The van der Waals surface area contributed by atoms with E-state index in [4.69, 9.17) is 0 Å². The Balaban J connectivity index is 2.36. The van der Waals surface area contributed by atoms with Gasteiger partial charge in [0.05, 0.1) is 0 Å². The second kappa shape index (κ2) is 6.96. The highest BCUT2D eigenvalue weighted by molar-refractivity contribution is 4.96. The van der Waals surface area contributed by atoms with Crippen molar-refractivity contribution in [2.75, 3.05) is 0 Å². The highest BCUT2D eigenvalue weighted by Crippen LogP contribution is 2.55. The first kappa shape index (κ1) is 16.1. The molecule has 1 rings (SSSR count). The third kappa shape index (κ3) is 4.00. The minimum Gasteiger partial charge on any atom is -0.0654 e. The molecule has 0 bridgehead atoms. The quantitative estimate of drug-likeness (QED) is 0.451. The molecule has 0 aromatic rings. The Morgan fingerprint density at radius 1 is 0.889 bits per heavy atom. The maximum Gasteiger partial charge on any atom is -0.0328 e. The van der Waals surface area contributed by atoms with Crippen LogP contribution < -0.4 is 0 Å². The molecule has 0 saturated heterocycles. The van der Waals surface area contributed by atoms with Crippen LogP contribution in [0.25, 0.3) is 0 Å². The van der Waals surface area contributed by atoms with Crippen LogP contribution in [0, 0.1) is 29.1 Å². The third-order valence-corrected chi connectivity index (χ3v) is 5.78. The summed E-state index contributed by atoms with van der Waals surface area (Å²) < 4.78 is 0. The van der Waals surface area contributed by atoms with Gasteiger partial charge in [0.1, 0.15) is 0 Å². The molecule has 0 aliphatic heterocycles. The first-order valence-electron chi connectivity index (χ1n) is 8.47. The van der Waals surface area contributed by atoms with Crippen LogP contribution in [0.3, 0.4) is 0 Å². The second-order valence-electron chi connectivity index (χ2n) is 7.41. The van der Waals surface area contributed by atoms with Crippen molar-refractivity contribution >= 4 is 0 Å². The highest BCUT2D eigenvalue weighted by atomic mass is 14.5. The van der Waals surface area contributed by atoms with E-state index in [1.165, 1.54) is 44.9 Å². The van der Waals surface area contributed by atoms with Gasteiger partial charge in [-0.15, -0.1) is 0 Å². The van der Waals surface area contributed by atoms with E-state index in [0.717, 1.165) is 23.7 Å². The number of rotatable bonds is 9. The van der Waals surface area contributed by atoms with Crippen LogP contribution in [0.5, 0.6) is 0 Å². The van der Waals surface area contributed by atoms with E-state index < -0.39 is 0 Å². The molecule has 0 heteroatoms. The molecule has 0 nitrogen and oxygen atoms in total. The van der Waals surface area contributed by atoms with Gasteiger partial charge in [-0.25, -0.2) is 0 Å². The largest absolute Gasteiger partial charge is 0.0654 e. The molecule has 1 aliphatic rings. The lowest BCUT2D eigenvalue weighted by atomic mass is 9.74.